The number of hydrogen-bond donors (Lipinski definition) is 1. The number of benzene rings is 1. The lowest BCUT2D eigenvalue weighted by Crippen LogP contribution is -2.05. The van der Waals surface area contributed by atoms with Gasteiger partial charge >= 0.3 is 0 Å². The highest BCUT2D eigenvalue weighted by Crippen LogP contribution is 2.31. The number of aliphatic hydroxyl groups is 1. The van der Waals surface area contributed by atoms with Crippen LogP contribution in [0.2, 0.25) is 0 Å². The van der Waals surface area contributed by atoms with Crippen LogP contribution in [0.4, 0.5) is 0 Å². The van der Waals surface area contributed by atoms with Gasteiger partial charge < -0.3 is 5.11 Å². The Balaban J connectivity index is 2.46. The summed E-state index contributed by atoms with van der Waals surface area (Å²) in [7, 11) is 0. The topological polar surface area (TPSA) is 20.2 Å². The number of fused-ring (bicyclic) bond motifs is 1. The zero-order valence-electron chi connectivity index (χ0n) is 8.39. The smallest absolute Gasteiger partial charge is 0.0762 e. The average molecular weight is 255 g/mol. The summed E-state index contributed by atoms with van der Waals surface area (Å²) in [6.07, 6.45) is 4.55. The van der Waals surface area contributed by atoms with Crippen molar-refractivity contribution in [3.8, 4) is 0 Å². The lowest BCUT2D eigenvalue weighted by atomic mass is 9.89. The molecule has 0 bridgehead atoms. The Morgan fingerprint density at radius 3 is 2.71 bits per heavy atom. The molecular formula is C12H15BrO. The van der Waals surface area contributed by atoms with E-state index in [4.69, 9.17) is 0 Å². The quantitative estimate of drug-likeness (QED) is 0.815. The van der Waals surface area contributed by atoms with Crippen molar-refractivity contribution in [3.63, 3.8) is 0 Å². The Labute approximate surface area is 93.3 Å². The molecule has 1 nitrogen and oxygen atoms in total. The predicted octanol–water partition coefficient (Wildman–Crippen LogP) is 3.38. The van der Waals surface area contributed by atoms with Crippen LogP contribution in [0, 0.1) is 0 Å². The molecule has 14 heavy (non-hydrogen) atoms. The fraction of sp³-hybridized carbons (Fsp3) is 0.500. The Morgan fingerprint density at radius 1 is 1.29 bits per heavy atom. The molecule has 2 rings (SSSR count). The van der Waals surface area contributed by atoms with Crippen LogP contribution < -0.4 is 0 Å². The Morgan fingerprint density at radius 2 is 2.00 bits per heavy atom. The van der Waals surface area contributed by atoms with Gasteiger partial charge in [-0.05, 0) is 55.4 Å². The van der Waals surface area contributed by atoms with Crippen LogP contribution in [-0.4, -0.2) is 5.11 Å². The second-order valence-electron chi connectivity index (χ2n) is 4.02. The molecule has 0 aliphatic heterocycles. The maximum absolute atomic E-state index is 9.53. The van der Waals surface area contributed by atoms with E-state index in [-0.39, 0.29) is 6.10 Å². The SMILES string of the molecule is CC(O)c1cc(Br)c2c(c1)CCCC2. The highest BCUT2D eigenvalue weighted by Gasteiger charge is 2.14. The molecule has 0 radical (unpaired) electrons. The minimum atomic E-state index is -0.362. The number of rotatable bonds is 1. The van der Waals surface area contributed by atoms with Crippen LogP contribution in [0.5, 0.6) is 0 Å². The van der Waals surface area contributed by atoms with Crippen molar-refractivity contribution in [3.05, 3.63) is 33.3 Å². The first kappa shape index (κ1) is 10.2. The van der Waals surface area contributed by atoms with Crippen LogP contribution >= 0.6 is 15.9 Å². The van der Waals surface area contributed by atoms with E-state index < -0.39 is 0 Å². The molecule has 0 fully saturated rings. The minimum Gasteiger partial charge on any atom is -0.389 e. The van der Waals surface area contributed by atoms with E-state index >= 15 is 0 Å². The molecule has 1 N–H and O–H groups in total. The summed E-state index contributed by atoms with van der Waals surface area (Å²) in [5.74, 6) is 0. The summed E-state index contributed by atoms with van der Waals surface area (Å²) in [4.78, 5) is 0. The summed E-state index contributed by atoms with van der Waals surface area (Å²) >= 11 is 3.59. The van der Waals surface area contributed by atoms with E-state index in [0.29, 0.717) is 0 Å². The highest BCUT2D eigenvalue weighted by molar-refractivity contribution is 9.10. The van der Waals surface area contributed by atoms with E-state index in [1.165, 1.54) is 34.9 Å². The van der Waals surface area contributed by atoms with Crippen molar-refractivity contribution >= 4 is 15.9 Å². The molecule has 0 aromatic heterocycles. The van der Waals surface area contributed by atoms with Gasteiger partial charge in [0.05, 0.1) is 6.10 Å². The number of halogens is 1. The van der Waals surface area contributed by atoms with E-state index in [1.807, 2.05) is 6.92 Å². The molecule has 0 spiro atoms. The highest BCUT2D eigenvalue weighted by atomic mass is 79.9. The predicted molar refractivity (Wildman–Crippen MR) is 61.4 cm³/mol. The maximum Gasteiger partial charge on any atom is 0.0762 e. The van der Waals surface area contributed by atoms with Crippen LogP contribution in [0.25, 0.3) is 0 Å². The van der Waals surface area contributed by atoms with Crippen molar-refractivity contribution < 1.29 is 5.11 Å². The molecule has 0 amide bonds. The Bertz CT molecular complexity index is 344. The molecule has 0 saturated carbocycles. The second-order valence-corrected chi connectivity index (χ2v) is 4.88. The Kier molecular flexibility index (Phi) is 2.93. The first-order chi connectivity index (χ1) is 6.68. The molecule has 76 valence electrons. The monoisotopic (exact) mass is 254 g/mol. The summed E-state index contributed by atoms with van der Waals surface area (Å²) in [6, 6.07) is 4.21. The van der Waals surface area contributed by atoms with Crippen molar-refractivity contribution in [2.24, 2.45) is 0 Å². The molecule has 0 heterocycles. The normalized spacial score (nSPS) is 17.6. The van der Waals surface area contributed by atoms with Gasteiger partial charge in [-0.15, -0.1) is 0 Å². The number of aliphatic hydroxyl groups excluding tert-OH is 1. The third-order valence-electron chi connectivity index (χ3n) is 2.92. The Hall–Kier alpha value is -0.340. The first-order valence-corrected chi connectivity index (χ1v) is 5.97. The summed E-state index contributed by atoms with van der Waals surface area (Å²) in [5.41, 5.74) is 3.89. The van der Waals surface area contributed by atoms with Gasteiger partial charge in [-0.25, -0.2) is 0 Å². The summed E-state index contributed by atoms with van der Waals surface area (Å²) < 4.78 is 1.17. The molecule has 1 atom stereocenters. The largest absolute Gasteiger partial charge is 0.389 e. The summed E-state index contributed by atoms with van der Waals surface area (Å²) in [5, 5.41) is 9.53. The number of aryl methyl sites for hydroxylation is 1. The molecule has 1 aliphatic rings. The minimum absolute atomic E-state index is 0.362. The van der Waals surface area contributed by atoms with E-state index in [1.54, 1.807) is 0 Å². The van der Waals surface area contributed by atoms with Gasteiger partial charge in [-0.3, -0.25) is 0 Å². The zero-order valence-corrected chi connectivity index (χ0v) is 9.97. The lowest BCUT2D eigenvalue weighted by molar-refractivity contribution is 0.199. The van der Waals surface area contributed by atoms with Crippen LogP contribution in [-0.2, 0) is 12.8 Å². The van der Waals surface area contributed by atoms with Gasteiger partial charge in [0.25, 0.3) is 0 Å². The lowest BCUT2D eigenvalue weighted by Gasteiger charge is -2.19. The molecule has 1 unspecified atom stereocenters. The standard InChI is InChI=1S/C12H15BrO/c1-8(14)10-6-9-4-2-3-5-11(9)12(13)7-10/h6-8,14H,2-5H2,1H3. The van der Waals surface area contributed by atoms with Crippen molar-refractivity contribution in [2.75, 3.05) is 0 Å². The van der Waals surface area contributed by atoms with Crippen LogP contribution in [0.1, 0.15) is 42.6 Å². The van der Waals surface area contributed by atoms with Gasteiger partial charge in [0.2, 0.25) is 0 Å². The van der Waals surface area contributed by atoms with E-state index in [0.717, 1.165) is 12.0 Å². The van der Waals surface area contributed by atoms with Gasteiger partial charge in [0.15, 0.2) is 0 Å². The molecular weight excluding hydrogens is 240 g/mol. The van der Waals surface area contributed by atoms with Crippen LogP contribution in [0.15, 0.2) is 16.6 Å². The van der Waals surface area contributed by atoms with Crippen molar-refractivity contribution in [1.29, 1.82) is 0 Å². The van der Waals surface area contributed by atoms with Gasteiger partial charge in [0.1, 0.15) is 0 Å². The van der Waals surface area contributed by atoms with Crippen molar-refractivity contribution in [1.82, 2.24) is 0 Å². The average Bonchev–Trinajstić information content (AvgIpc) is 2.17. The fourth-order valence-corrected chi connectivity index (χ4v) is 2.80. The second kappa shape index (κ2) is 4.03. The first-order valence-electron chi connectivity index (χ1n) is 5.18. The third-order valence-corrected chi connectivity index (χ3v) is 3.62. The van der Waals surface area contributed by atoms with Gasteiger partial charge in [-0.1, -0.05) is 22.0 Å². The number of hydrogen-bond acceptors (Lipinski definition) is 1. The van der Waals surface area contributed by atoms with Crippen LogP contribution in [0.3, 0.4) is 0 Å². The zero-order chi connectivity index (χ0) is 10.1. The molecule has 0 saturated heterocycles. The fourth-order valence-electron chi connectivity index (χ4n) is 2.08. The summed E-state index contributed by atoms with van der Waals surface area (Å²) in [6.45, 7) is 1.82. The third kappa shape index (κ3) is 1.86. The van der Waals surface area contributed by atoms with Gasteiger partial charge in [0, 0.05) is 4.47 Å². The molecule has 1 aliphatic carbocycles. The van der Waals surface area contributed by atoms with Gasteiger partial charge in [-0.2, -0.15) is 0 Å². The molecule has 2 heteroatoms. The molecule has 1 aromatic rings. The van der Waals surface area contributed by atoms with E-state index in [2.05, 4.69) is 28.1 Å². The van der Waals surface area contributed by atoms with Crippen molar-refractivity contribution in [2.45, 2.75) is 38.7 Å². The van der Waals surface area contributed by atoms with E-state index in [9.17, 15) is 5.11 Å². The molecule has 1 aromatic carbocycles. The maximum atomic E-state index is 9.53.